The number of hydrogen-bond acceptors (Lipinski definition) is 4. The molecule has 1 aliphatic heterocycles. The summed E-state index contributed by atoms with van der Waals surface area (Å²) in [5.74, 6) is 0. The summed E-state index contributed by atoms with van der Waals surface area (Å²) in [7, 11) is 0. The quantitative estimate of drug-likeness (QED) is 0.917. The maximum absolute atomic E-state index is 4.58. The predicted molar refractivity (Wildman–Crippen MR) is 82.8 cm³/mol. The second-order valence-corrected chi connectivity index (χ2v) is 6.99. The molecule has 0 amide bonds. The molecule has 1 unspecified atom stereocenters. The zero-order chi connectivity index (χ0) is 13.9. The molecule has 2 heterocycles. The van der Waals surface area contributed by atoms with E-state index < -0.39 is 0 Å². The summed E-state index contributed by atoms with van der Waals surface area (Å²) in [4.78, 5) is 8.51. The van der Waals surface area contributed by atoms with E-state index in [1.165, 1.54) is 35.7 Å². The van der Waals surface area contributed by atoms with Crippen molar-refractivity contribution < 1.29 is 0 Å². The summed E-state index contributed by atoms with van der Waals surface area (Å²) in [6.45, 7) is 12.5. The molecule has 0 aliphatic carbocycles. The summed E-state index contributed by atoms with van der Waals surface area (Å²) in [5.41, 5.74) is 0.289. The lowest BCUT2D eigenvalue weighted by Crippen LogP contribution is -2.51. The molecular weight excluding hydrogens is 254 g/mol. The van der Waals surface area contributed by atoms with Gasteiger partial charge in [0.15, 0.2) is 0 Å². The van der Waals surface area contributed by atoms with Crippen LogP contribution >= 0.6 is 11.3 Å². The minimum absolute atomic E-state index is 0.289. The van der Waals surface area contributed by atoms with Gasteiger partial charge in [0.2, 0.25) is 0 Å². The second kappa shape index (κ2) is 6.33. The number of thiazole rings is 1. The van der Waals surface area contributed by atoms with Crippen LogP contribution in [0, 0.1) is 6.92 Å². The molecule has 108 valence electrons. The third-order valence-electron chi connectivity index (χ3n) is 4.53. The maximum atomic E-state index is 4.58. The normalized spacial score (nSPS) is 22.1. The minimum Gasteiger partial charge on any atom is -0.310 e. The number of rotatable bonds is 4. The monoisotopic (exact) mass is 281 g/mol. The molecule has 0 spiro atoms. The van der Waals surface area contributed by atoms with Gasteiger partial charge < -0.3 is 5.32 Å². The van der Waals surface area contributed by atoms with Crippen LogP contribution in [-0.4, -0.2) is 35.1 Å². The van der Waals surface area contributed by atoms with Gasteiger partial charge in [0.05, 0.1) is 6.04 Å². The van der Waals surface area contributed by atoms with Gasteiger partial charge in [-0.2, -0.15) is 0 Å². The average Bonchev–Trinajstić information content (AvgIpc) is 2.75. The highest BCUT2D eigenvalue weighted by Crippen LogP contribution is 2.29. The maximum Gasteiger partial charge on any atom is 0.110 e. The van der Waals surface area contributed by atoms with Gasteiger partial charge in [-0.25, -0.2) is 4.98 Å². The molecule has 3 nitrogen and oxygen atoms in total. The molecular formula is C15H27N3S. The molecule has 1 aromatic heterocycles. The Kier molecular flexibility index (Phi) is 4.98. The number of aryl methyl sites for hydroxylation is 1. The van der Waals surface area contributed by atoms with E-state index in [2.05, 4.69) is 42.9 Å². The largest absolute Gasteiger partial charge is 0.310 e. The van der Waals surface area contributed by atoms with Crippen molar-refractivity contribution in [3.8, 4) is 0 Å². The molecule has 1 saturated heterocycles. The fraction of sp³-hybridized carbons (Fsp3) is 0.800. The third kappa shape index (κ3) is 3.36. The van der Waals surface area contributed by atoms with Crippen molar-refractivity contribution in [1.82, 2.24) is 15.2 Å². The Balaban J connectivity index is 2.13. The van der Waals surface area contributed by atoms with Crippen LogP contribution in [0.4, 0.5) is 0 Å². The van der Waals surface area contributed by atoms with Crippen molar-refractivity contribution >= 4 is 11.3 Å². The molecule has 0 aromatic carbocycles. The Hall–Kier alpha value is -0.450. The lowest BCUT2D eigenvalue weighted by Gasteiger charge is -2.37. The van der Waals surface area contributed by atoms with Gasteiger partial charge in [-0.1, -0.05) is 13.8 Å². The second-order valence-electron chi connectivity index (χ2n) is 5.72. The van der Waals surface area contributed by atoms with Crippen molar-refractivity contribution in [3.63, 3.8) is 0 Å². The van der Waals surface area contributed by atoms with Gasteiger partial charge in [0, 0.05) is 29.7 Å². The molecule has 19 heavy (non-hydrogen) atoms. The molecule has 1 fully saturated rings. The van der Waals surface area contributed by atoms with Crippen LogP contribution in [0.3, 0.4) is 0 Å². The average molecular weight is 281 g/mol. The van der Waals surface area contributed by atoms with Gasteiger partial charge in [0.1, 0.15) is 5.01 Å². The van der Waals surface area contributed by atoms with Gasteiger partial charge in [-0.3, -0.25) is 4.90 Å². The molecule has 2 rings (SSSR count). The Bertz CT molecular complexity index is 398. The van der Waals surface area contributed by atoms with E-state index in [0.29, 0.717) is 6.04 Å². The lowest BCUT2D eigenvalue weighted by atomic mass is 9.92. The van der Waals surface area contributed by atoms with Crippen molar-refractivity contribution in [2.75, 3.05) is 19.6 Å². The Labute approximate surface area is 121 Å². The topological polar surface area (TPSA) is 28.2 Å². The SMILES string of the molecule is CCC1(CC)CN(C(C)c2ncc(C)s2)CCCN1. The van der Waals surface area contributed by atoms with E-state index in [-0.39, 0.29) is 5.54 Å². The van der Waals surface area contributed by atoms with E-state index in [4.69, 9.17) is 0 Å². The van der Waals surface area contributed by atoms with Crippen molar-refractivity contribution in [1.29, 1.82) is 0 Å². The van der Waals surface area contributed by atoms with E-state index in [1.54, 1.807) is 0 Å². The molecule has 4 heteroatoms. The van der Waals surface area contributed by atoms with Crippen LogP contribution in [0.5, 0.6) is 0 Å². The highest BCUT2D eigenvalue weighted by Gasteiger charge is 2.32. The molecule has 1 aliphatic rings. The summed E-state index contributed by atoms with van der Waals surface area (Å²) < 4.78 is 0. The van der Waals surface area contributed by atoms with Crippen LogP contribution in [0.15, 0.2) is 6.20 Å². The van der Waals surface area contributed by atoms with Gasteiger partial charge in [-0.05, 0) is 39.7 Å². The Morgan fingerprint density at radius 3 is 2.79 bits per heavy atom. The molecule has 1 atom stereocenters. The number of nitrogens with one attached hydrogen (secondary N) is 1. The number of nitrogens with zero attached hydrogens (tertiary/aromatic N) is 2. The van der Waals surface area contributed by atoms with Crippen molar-refractivity contribution in [2.45, 2.75) is 58.5 Å². The van der Waals surface area contributed by atoms with Crippen molar-refractivity contribution in [3.05, 3.63) is 16.1 Å². The first-order valence-corrected chi connectivity index (χ1v) is 8.33. The van der Waals surface area contributed by atoms with Crippen LogP contribution in [-0.2, 0) is 0 Å². The Morgan fingerprint density at radius 2 is 2.21 bits per heavy atom. The summed E-state index contributed by atoms with van der Waals surface area (Å²) >= 11 is 1.84. The molecule has 0 bridgehead atoms. The first kappa shape index (κ1) is 14.9. The third-order valence-corrected chi connectivity index (χ3v) is 5.61. The predicted octanol–water partition coefficient (Wildman–Crippen LogP) is 3.37. The highest BCUT2D eigenvalue weighted by atomic mass is 32.1. The number of aromatic nitrogens is 1. The summed E-state index contributed by atoms with van der Waals surface area (Å²) in [5, 5.41) is 5.04. The highest BCUT2D eigenvalue weighted by molar-refractivity contribution is 7.11. The standard InChI is InChI=1S/C15H27N3S/c1-5-15(6-2)11-18(9-7-8-17-15)13(4)14-16-10-12(3)19-14/h10,13,17H,5-9,11H2,1-4H3. The van der Waals surface area contributed by atoms with Gasteiger partial charge >= 0.3 is 0 Å². The van der Waals surface area contributed by atoms with Crippen LogP contribution < -0.4 is 5.32 Å². The zero-order valence-corrected chi connectivity index (χ0v) is 13.5. The molecule has 0 radical (unpaired) electrons. The number of hydrogen-bond donors (Lipinski definition) is 1. The molecule has 1 N–H and O–H groups in total. The lowest BCUT2D eigenvalue weighted by molar-refractivity contribution is 0.157. The zero-order valence-electron chi connectivity index (χ0n) is 12.7. The van der Waals surface area contributed by atoms with E-state index in [1.807, 2.05) is 17.5 Å². The first-order chi connectivity index (χ1) is 9.10. The van der Waals surface area contributed by atoms with E-state index >= 15 is 0 Å². The summed E-state index contributed by atoms with van der Waals surface area (Å²) in [6.07, 6.45) is 5.63. The van der Waals surface area contributed by atoms with Crippen molar-refractivity contribution in [2.24, 2.45) is 0 Å². The molecule has 0 saturated carbocycles. The van der Waals surface area contributed by atoms with E-state index in [9.17, 15) is 0 Å². The smallest absolute Gasteiger partial charge is 0.110 e. The van der Waals surface area contributed by atoms with Crippen LogP contribution in [0.2, 0.25) is 0 Å². The van der Waals surface area contributed by atoms with Gasteiger partial charge in [-0.15, -0.1) is 11.3 Å². The molecule has 1 aromatic rings. The summed E-state index contributed by atoms with van der Waals surface area (Å²) in [6, 6.07) is 0.441. The first-order valence-electron chi connectivity index (χ1n) is 7.51. The van der Waals surface area contributed by atoms with E-state index in [0.717, 1.165) is 13.1 Å². The van der Waals surface area contributed by atoms with Crippen LogP contribution in [0.1, 0.15) is 56.0 Å². The fourth-order valence-electron chi connectivity index (χ4n) is 2.94. The fourth-order valence-corrected chi connectivity index (χ4v) is 3.80. The Morgan fingerprint density at radius 1 is 1.47 bits per heavy atom. The minimum atomic E-state index is 0.289. The van der Waals surface area contributed by atoms with Crippen LogP contribution in [0.25, 0.3) is 0 Å². The van der Waals surface area contributed by atoms with Gasteiger partial charge in [0.25, 0.3) is 0 Å².